The SMILES string of the molecule is CCCc1ccc(CC/C=C/C2CCC(c3ccc(-c4ccc(OCC)c(F)c4F)cc3)CC2)cc1. The average molecular weight is 489 g/mol. The molecule has 4 rings (SSSR count). The molecule has 0 radical (unpaired) electrons. The molecule has 0 bridgehead atoms. The number of rotatable bonds is 10. The van der Waals surface area contributed by atoms with Crippen molar-refractivity contribution in [3.05, 3.63) is 101 Å². The van der Waals surface area contributed by atoms with Crippen molar-refractivity contribution in [2.45, 2.75) is 71.1 Å². The van der Waals surface area contributed by atoms with Gasteiger partial charge in [-0.1, -0.05) is 74.0 Å². The van der Waals surface area contributed by atoms with Gasteiger partial charge in [0.2, 0.25) is 5.82 Å². The van der Waals surface area contributed by atoms with Crippen molar-refractivity contribution < 1.29 is 13.5 Å². The Kier molecular flexibility index (Phi) is 9.33. The Balaban J connectivity index is 1.26. The van der Waals surface area contributed by atoms with Crippen molar-refractivity contribution in [3.63, 3.8) is 0 Å². The predicted octanol–water partition coefficient (Wildman–Crippen LogP) is 9.45. The van der Waals surface area contributed by atoms with Gasteiger partial charge in [-0.2, -0.15) is 4.39 Å². The summed E-state index contributed by atoms with van der Waals surface area (Å²) < 4.78 is 34.0. The van der Waals surface area contributed by atoms with E-state index in [0.717, 1.165) is 19.3 Å². The number of benzene rings is 3. The molecule has 1 nitrogen and oxygen atoms in total. The van der Waals surface area contributed by atoms with Crippen LogP contribution in [0.5, 0.6) is 5.75 Å². The van der Waals surface area contributed by atoms with Crippen LogP contribution in [0.25, 0.3) is 11.1 Å². The van der Waals surface area contributed by atoms with E-state index in [-0.39, 0.29) is 11.3 Å². The lowest BCUT2D eigenvalue weighted by Crippen LogP contribution is -2.11. The summed E-state index contributed by atoms with van der Waals surface area (Å²) in [5.41, 5.74) is 5.10. The Morgan fingerprint density at radius 2 is 1.44 bits per heavy atom. The van der Waals surface area contributed by atoms with Gasteiger partial charge in [0.1, 0.15) is 0 Å². The lowest BCUT2D eigenvalue weighted by molar-refractivity contribution is 0.314. The molecule has 1 aliphatic rings. The van der Waals surface area contributed by atoms with Crippen LogP contribution in [0.2, 0.25) is 0 Å². The Hall–Kier alpha value is -2.94. The summed E-state index contributed by atoms with van der Waals surface area (Å²) in [4.78, 5) is 0. The molecular weight excluding hydrogens is 450 g/mol. The molecule has 3 aromatic carbocycles. The molecule has 0 aliphatic heterocycles. The van der Waals surface area contributed by atoms with Crippen molar-refractivity contribution in [2.24, 2.45) is 5.92 Å². The molecule has 0 unspecified atom stereocenters. The normalized spacial score (nSPS) is 18.0. The first kappa shape index (κ1) is 26.1. The first-order chi connectivity index (χ1) is 17.6. The molecule has 3 heteroatoms. The molecule has 0 heterocycles. The van der Waals surface area contributed by atoms with Gasteiger partial charge in [0.15, 0.2) is 11.6 Å². The van der Waals surface area contributed by atoms with Crippen molar-refractivity contribution in [1.82, 2.24) is 0 Å². The number of allylic oxidation sites excluding steroid dienone is 2. The molecular formula is C33H38F2O. The van der Waals surface area contributed by atoms with Gasteiger partial charge in [0, 0.05) is 5.56 Å². The molecule has 0 saturated heterocycles. The summed E-state index contributed by atoms with van der Waals surface area (Å²) in [7, 11) is 0. The van der Waals surface area contributed by atoms with Crippen molar-refractivity contribution in [3.8, 4) is 16.9 Å². The molecule has 1 fully saturated rings. The lowest BCUT2D eigenvalue weighted by Gasteiger charge is -2.27. The number of ether oxygens (including phenoxy) is 1. The van der Waals surface area contributed by atoms with Gasteiger partial charge in [-0.15, -0.1) is 0 Å². The van der Waals surface area contributed by atoms with Crippen LogP contribution in [0, 0.1) is 17.6 Å². The zero-order chi connectivity index (χ0) is 25.3. The maximum absolute atomic E-state index is 14.6. The van der Waals surface area contributed by atoms with E-state index in [1.165, 1.54) is 54.9 Å². The number of halogens is 2. The third-order valence-electron chi connectivity index (χ3n) is 7.38. The van der Waals surface area contributed by atoms with Gasteiger partial charge in [0.25, 0.3) is 0 Å². The molecule has 36 heavy (non-hydrogen) atoms. The van der Waals surface area contributed by atoms with Gasteiger partial charge in [0.05, 0.1) is 6.61 Å². The van der Waals surface area contributed by atoms with Crippen molar-refractivity contribution in [2.75, 3.05) is 6.61 Å². The van der Waals surface area contributed by atoms with Crippen LogP contribution in [0.1, 0.15) is 75.0 Å². The first-order valence-corrected chi connectivity index (χ1v) is 13.5. The van der Waals surface area contributed by atoms with Gasteiger partial charge >= 0.3 is 0 Å². The maximum atomic E-state index is 14.6. The molecule has 1 aliphatic carbocycles. The predicted molar refractivity (Wildman–Crippen MR) is 146 cm³/mol. The standard InChI is InChI=1S/C33H38F2O/c1-3-7-24-10-12-25(13-11-24)8-5-6-9-26-14-16-27(17-15-26)28-18-20-29(21-19-28)30-22-23-31(36-4-2)33(35)32(30)34/h6,9-13,18-23,26-27H,3-5,7-8,14-17H2,1-2H3/b9-6+. The third kappa shape index (κ3) is 6.63. The van der Waals surface area contributed by atoms with E-state index >= 15 is 0 Å². The summed E-state index contributed by atoms with van der Waals surface area (Å²) in [5, 5.41) is 0. The van der Waals surface area contributed by atoms with E-state index in [1.807, 2.05) is 12.1 Å². The zero-order valence-corrected chi connectivity index (χ0v) is 21.6. The average Bonchev–Trinajstić information content (AvgIpc) is 2.91. The molecule has 0 spiro atoms. The van der Waals surface area contributed by atoms with Crippen LogP contribution in [0.4, 0.5) is 8.78 Å². The second kappa shape index (κ2) is 12.9. The Morgan fingerprint density at radius 1 is 0.778 bits per heavy atom. The van der Waals surface area contributed by atoms with Gasteiger partial charge in [-0.3, -0.25) is 0 Å². The van der Waals surface area contributed by atoms with Crippen LogP contribution >= 0.6 is 0 Å². The molecule has 3 aromatic rings. The van der Waals surface area contributed by atoms with Crippen molar-refractivity contribution in [1.29, 1.82) is 0 Å². The first-order valence-electron chi connectivity index (χ1n) is 13.5. The smallest absolute Gasteiger partial charge is 0.201 e. The summed E-state index contributed by atoms with van der Waals surface area (Å²) in [6.07, 6.45) is 14.1. The quantitative estimate of drug-likeness (QED) is 0.258. The van der Waals surface area contributed by atoms with E-state index in [9.17, 15) is 8.78 Å². The van der Waals surface area contributed by atoms with E-state index in [0.29, 0.717) is 24.0 Å². The Labute approximate surface area is 215 Å². The molecule has 1 saturated carbocycles. The molecule has 190 valence electrons. The molecule has 0 N–H and O–H groups in total. The zero-order valence-electron chi connectivity index (χ0n) is 21.6. The number of hydrogen-bond donors (Lipinski definition) is 0. The highest BCUT2D eigenvalue weighted by Gasteiger charge is 2.21. The van der Waals surface area contributed by atoms with Crippen LogP contribution < -0.4 is 4.74 Å². The second-order valence-electron chi connectivity index (χ2n) is 9.94. The molecule has 0 amide bonds. The van der Waals surface area contributed by atoms with Crippen LogP contribution in [0.3, 0.4) is 0 Å². The fourth-order valence-corrected chi connectivity index (χ4v) is 5.30. The minimum absolute atomic E-state index is 0.0396. The highest BCUT2D eigenvalue weighted by molar-refractivity contribution is 5.65. The summed E-state index contributed by atoms with van der Waals surface area (Å²) >= 11 is 0. The van der Waals surface area contributed by atoms with Crippen LogP contribution in [0.15, 0.2) is 72.8 Å². The highest BCUT2D eigenvalue weighted by Crippen LogP contribution is 2.37. The number of hydrogen-bond acceptors (Lipinski definition) is 1. The van der Waals surface area contributed by atoms with Crippen molar-refractivity contribution >= 4 is 0 Å². The Morgan fingerprint density at radius 3 is 2.08 bits per heavy atom. The fourth-order valence-electron chi connectivity index (χ4n) is 5.30. The monoisotopic (exact) mass is 488 g/mol. The minimum atomic E-state index is -0.922. The second-order valence-corrected chi connectivity index (χ2v) is 9.94. The van der Waals surface area contributed by atoms with Crippen LogP contribution in [-0.2, 0) is 12.8 Å². The van der Waals surface area contributed by atoms with Gasteiger partial charge < -0.3 is 4.74 Å². The minimum Gasteiger partial charge on any atom is -0.491 e. The lowest BCUT2D eigenvalue weighted by atomic mass is 9.78. The van der Waals surface area contributed by atoms with Gasteiger partial charge in [-0.25, -0.2) is 4.39 Å². The Bertz CT molecular complexity index is 1120. The van der Waals surface area contributed by atoms with E-state index in [4.69, 9.17) is 4.74 Å². The topological polar surface area (TPSA) is 9.23 Å². The van der Waals surface area contributed by atoms with E-state index in [2.05, 4.69) is 55.5 Å². The third-order valence-corrected chi connectivity index (χ3v) is 7.38. The van der Waals surface area contributed by atoms with E-state index in [1.54, 1.807) is 13.0 Å². The fraction of sp³-hybridized carbons (Fsp3) is 0.394. The summed E-state index contributed by atoms with van der Waals surface area (Å²) in [5.74, 6) is -0.618. The van der Waals surface area contributed by atoms with E-state index < -0.39 is 11.6 Å². The summed E-state index contributed by atoms with van der Waals surface area (Å²) in [6.45, 7) is 4.27. The molecule has 0 aromatic heterocycles. The highest BCUT2D eigenvalue weighted by atomic mass is 19.2. The number of aryl methyl sites for hydroxylation is 2. The molecule has 0 atom stereocenters. The van der Waals surface area contributed by atoms with Crippen LogP contribution in [-0.4, -0.2) is 6.61 Å². The maximum Gasteiger partial charge on any atom is 0.201 e. The van der Waals surface area contributed by atoms with Gasteiger partial charge in [-0.05, 0) is 98.1 Å². The summed E-state index contributed by atoms with van der Waals surface area (Å²) in [6, 6.07) is 20.2. The largest absolute Gasteiger partial charge is 0.491 e.